The molecule has 4 rings (SSSR count). The van der Waals surface area contributed by atoms with Gasteiger partial charge in [-0.1, -0.05) is 63.6 Å². The molecule has 2 unspecified atom stereocenters. The number of hydrogen-bond acceptors (Lipinski definition) is 3. The van der Waals surface area contributed by atoms with Gasteiger partial charge in [0.25, 0.3) is 0 Å². The van der Waals surface area contributed by atoms with E-state index in [1.54, 1.807) is 0 Å². The zero-order chi connectivity index (χ0) is 22.3. The molecule has 1 aliphatic carbocycles. The highest BCUT2D eigenvalue weighted by Gasteiger charge is 2.47. The van der Waals surface area contributed by atoms with Gasteiger partial charge in [0, 0.05) is 23.6 Å². The number of halogens is 1. The largest absolute Gasteiger partial charge is 0.302 e. The van der Waals surface area contributed by atoms with Crippen LogP contribution in [0.2, 0.25) is 5.02 Å². The molecule has 2 atom stereocenters. The summed E-state index contributed by atoms with van der Waals surface area (Å²) in [7, 11) is 0. The Morgan fingerprint density at radius 1 is 1.13 bits per heavy atom. The molecular weight excluding hydrogens is 408 g/mol. The standard InChI is InChI=1S/C26H29ClN2O2/c1-16(2)13-23(31)29-21-8-6-5-7-19(21)28-20-14-26(3,4)15-22(30)24(20)25(29)17-9-11-18(27)12-10-17/h5-12,16,24-25H,13-15H2,1-4H3. The first-order valence-corrected chi connectivity index (χ1v) is 11.3. The van der Waals surface area contributed by atoms with Crippen LogP contribution in [-0.4, -0.2) is 17.4 Å². The van der Waals surface area contributed by atoms with Crippen molar-refractivity contribution in [2.45, 2.75) is 53.0 Å². The molecule has 4 nitrogen and oxygen atoms in total. The highest BCUT2D eigenvalue weighted by atomic mass is 35.5. The molecule has 31 heavy (non-hydrogen) atoms. The van der Waals surface area contributed by atoms with Crippen LogP contribution in [0.1, 0.15) is 58.6 Å². The summed E-state index contributed by atoms with van der Waals surface area (Å²) < 4.78 is 0. The number of amides is 1. The SMILES string of the molecule is CC(C)CC(=O)N1c2ccccc2N=C2CC(C)(C)CC(=O)C2C1c1ccc(Cl)cc1. The fourth-order valence-electron chi connectivity index (χ4n) is 4.85. The maximum Gasteiger partial charge on any atom is 0.227 e. The number of fused-ring (bicyclic) bond motifs is 2. The Balaban J connectivity index is 1.95. The lowest BCUT2D eigenvalue weighted by atomic mass is 9.68. The number of Topliss-reactive ketones (excluding diaryl/α,β-unsaturated/α-hetero) is 1. The molecule has 0 bridgehead atoms. The molecule has 2 aromatic rings. The first-order valence-electron chi connectivity index (χ1n) is 10.9. The van der Waals surface area contributed by atoms with Gasteiger partial charge in [-0.05, 0) is 47.6 Å². The number of para-hydroxylation sites is 2. The second kappa shape index (κ2) is 8.23. The molecule has 1 amide bonds. The molecule has 0 N–H and O–H groups in total. The number of aliphatic imine (C=N–C) groups is 1. The van der Waals surface area contributed by atoms with Crippen LogP contribution >= 0.6 is 11.6 Å². The van der Waals surface area contributed by atoms with Crippen molar-refractivity contribution in [2.24, 2.45) is 22.2 Å². The van der Waals surface area contributed by atoms with Gasteiger partial charge in [-0.3, -0.25) is 14.6 Å². The second-order valence-corrected chi connectivity index (χ2v) is 10.3. The highest BCUT2D eigenvalue weighted by Crippen LogP contribution is 2.48. The van der Waals surface area contributed by atoms with Crippen molar-refractivity contribution in [1.29, 1.82) is 0 Å². The molecule has 0 aromatic heterocycles. The molecule has 1 fully saturated rings. The molecule has 1 aliphatic heterocycles. The number of anilines is 1. The Morgan fingerprint density at radius 2 is 1.81 bits per heavy atom. The molecule has 5 heteroatoms. The summed E-state index contributed by atoms with van der Waals surface area (Å²) in [6.45, 7) is 8.29. The van der Waals surface area contributed by atoms with Crippen LogP contribution in [0.3, 0.4) is 0 Å². The Bertz CT molecular complexity index is 1040. The molecule has 0 spiro atoms. The Morgan fingerprint density at radius 3 is 2.48 bits per heavy atom. The van der Waals surface area contributed by atoms with Crippen LogP contribution in [0.25, 0.3) is 0 Å². The Labute approximate surface area is 189 Å². The Kier molecular flexibility index (Phi) is 5.78. The lowest BCUT2D eigenvalue weighted by Crippen LogP contribution is -2.47. The van der Waals surface area contributed by atoms with Gasteiger partial charge in [-0.2, -0.15) is 0 Å². The monoisotopic (exact) mass is 436 g/mol. The quantitative estimate of drug-likeness (QED) is 0.547. The van der Waals surface area contributed by atoms with E-state index in [4.69, 9.17) is 16.6 Å². The van der Waals surface area contributed by atoms with Gasteiger partial charge in [0.05, 0.1) is 23.3 Å². The smallest absolute Gasteiger partial charge is 0.227 e. The normalized spacial score (nSPS) is 22.5. The summed E-state index contributed by atoms with van der Waals surface area (Å²) in [5, 5.41) is 0.628. The lowest BCUT2D eigenvalue weighted by Gasteiger charge is -2.41. The van der Waals surface area contributed by atoms with Crippen LogP contribution < -0.4 is 4.90 Å². The van der Waals surface area contributed by atoms with Crippen LogP contribution in [0.4, 0.5) is 11.4 Å². The second-order valence-electron chi connectivity index (χ2n) is 9.91. The third kappa shape index (κ3) is 4.31. The minimum absolute atomic E-state index is 0.0106. The summed E-state index contributed by atoms with van der Waals surface area (Å²) in [6, 6.07) is 14.8. The van der Waals surface area contributed by atoms with Gasteiger partial charge < -0.3 is 4.90 Å². The molecule has 0 radical (unpaired) electrons. The minimum atomic E-state index is -0.460. The Hall–Kier alpha value is -2.46. The predicted molar refractivity (Wildman–Crippen MR) is 126 cm³/mol. The lowest BCUT2D eigenvalue weighted by molar-refractivity contribution is -0.125. The maximum absolute atomic E-state index is 13.6. The van der Waals surface area contributed by atoms with Crippen LogP contribution in [0.5, 0.6) is 0 Å². The van der Waals surface area contributed by atoms with E-state index in [1.807, 2.05) is 67.3 Å². The number of rotatable bonds is 3. The van der Waals surface area contributed by atoms with E-state index in [0.717, 1.165) is 29.1 Å². The van der Waals surface area contributed by atoms with Gasteiger partial charge >= 0.3 is 0 Å². The zero-order valence-corrected chi connectivity index (χ0v) is 19.3. The maximum atomic E-state index is 13.6. The van der Waals surface area contributed by atoms with Crippen molar-refractivity contribution in [3.05, 3.63) is 59.1 Å². The van der Waals surface area contributed by atoms with Crippen molar-refractivity contribution in [2.75, 3.05) is 4.90 Å². The summed E-state index contributed by atoms with van der Waals surface area (Å²) in [5.41, 5.74) is 3.14. The number of benzene rings is 2. The molecule has 2 aromatic carbocycles. The van der Waals surface area contributed by atoms with E-state index < -0.39 is 12.0 Å². The van der Waals surface area contributed by atoms with Crippen LogP contribution in [0, 0.1) is 17.3 Å². The molecule has 162 valence electrons. The average molecular weight is 437 g/mol. The van der Waals surface area contributed by atoms with Gasteiger partial charge in [0.1, 0.15) is 5.78 Å². The number of nitrogens with zero attached hydrogens (tertiary/aromatic N) is 2. The summed E-state index contributed by atoms with van der Waals surface area (Å²) >= 11 is 6.16. The van der Waals surface area contributed by atoms with Crippen molar-refractivity contribution in [1.82, 2.24) is 0 Å². The van der Waals surface area contributed by atoms with Crippen molar-refractivity contribution in [3.8, 4) is 0 Å². The topological polar surface area (TPSA) is 49.7 Å². The summed E-state index contributed by atoms with van der Waals surface area (Å²) in [5.74, 6) is -0.102. The summed E-state index contributed by atoms with van der Waals surface area (Å²) in [6.07, 6.45) is 1.61. The molecular formula is C26H29ClN2O2. The number of carbonyl (C=O) groups excluding carboxylic acids is 2. The predicted octanol–water partition coefficient (Wildman–Crippen LogP) is 6.55. The van der Waals surface area contributed by atoms with E-state index in [2.05, 4.69) is 13.8 Å². The van der Waals surface area contributed by atoms with Gasteiger partial charge in [-0.15, -0.1) is 0 Å². The third-order valence-corrected chi connectivity index (χ3v) is 6.33. The molecule has 1 saturated carbocycles. The van der Waals surface area contributed by atoms with Crippen molar-refractivity contribution < 1.29 is 9.59 Å². The third-order valence-electron chi connectivity index (χ3n) is 6.08. The molecule has 0 saturated heterocycles. The van der Waals surface area contributed by atoms with Crippen molar-refractivity contribution in [3.63, 3.8) is 0 Å². The van der Waals surface area contributed by atoms with E-state index in [1.165, 1.54) is 0 Å². The van der Waals surface area contributed by atoms with Crippen molar-refractivity contribution >= 4 is 40.4 Å². The van der Waals surface area contributed by atoms with E-state index in [9.17, 15) is 9.59 Å². The number of hydrogen-bond donors (Lipinski definition) is 0. The van der Waals surface area contributed by atoms with E-state index in [0.29, 0.717) is 17.9 Å². The fraction of sp³-hybridized carbons (Fsp3) is 0.423. The first-order chi connectivity index (χ1) is 14.7. The molecule has 1 heterocycles. The number of carbonyl (C=O) groups is 2. The van der Waals surface area contributed by atoms with Gasteiger partial charge in [0.15, 0.2) is 0 Å². The fourth-order valence-corrected chi connectivity index (χ4v) is 4.98. The number of ketones is 1. The molecule has 2 aliphatic rings. The minimum Gasteiger partial charge on any atom is -0.302 e. The van der Waals surface area contributed by atoms with Gasteiger partial charge in [-0.25, -0.2) is 0 Å². The van der Waals surface area contributed by atoms with E-state index >= 15 is 0 Å². The zero-order valence-electron chi connectivity index (χ0n) is 18.6. The average Bonchev–Trinajstić information content (AvgIpc) is 2.81. The van der Waals surface area contributed by atoms with Crippen LogP contribution in [0.15, 0.2) is 53.5 Å². The summed E-state index contributed by atoms with van der Waals surface area (Å²) in [4.78, 5) is 34.0. The highest BCUT2D eigenvalue weighted by molar-refractivity contribution is 6.30. The van der Waals surface area contributed by atoms with Gasteiger partial charge in [0.2, 0.25) is 5.91 Å². The van der Waals surface area contributed by atoms with E-state index in [-0.39, 0.29) is 23.0 Å². The van der Waals surface area contributed by atoms with Crippen LogP contribution in [-0.2, 0) is 9.59 Å². The first kappa shape index (κ1) is 21.8.